The molecule has 1 rings (SSSR count). The van der Waals surface area contributed by atoms with Gasteiger partial charge in [0.2, 0.25) is 0 Å². The van der Waals surface area contributed by atoms with Crippen LogP contribution in [0.4, 0.5) is 19.3 Å². The molecule has 0 saturated carbocycles. The molecule has 0 aliphatic rings. The van der Waals surface area contributed by atoms with Crippen LogP contribution >= 0.6 is 0 Å². The summed E-state index contributed by atoms with van der Waals surface area (Å²) in [7, 11) is 0. The second-order valence-corrected chi connectivity index (χ2v) is 3.28. The van der Waals surface area contributed by atoms with Crippen molar-refractivity contribution >= 4 is 17.7 Å². The van der Waals surface area contributed by atoms with Gasteiger partial charge in [0.1, 0.15) is 17.7 Å². The van der Waals surface area contributed by atoms with Gasteiger partial charge in [0.25, 0.3) is 0 Å². The number of carbonyl (C=O) groups excluding carboxylic acids is 1. The van der Waals surface area contributed by atoms with Crippen LogP contribution in [0, 0.1) is 11.6 Å². The maximum absolute atomic E-state index is 13.1. The number of carboxylic acid groups (broad SMARTS) is 1. The molecule has 0 fully saturated rings. The lowest BCUT2D eigenvalue weighted by Gasteiger charge is -2.11. The minimum absolute atomic E-state index is 0.361. The first-order valence-corrected chi connectivity index (χ1v) is 4.65. The molecule has 0 unspecified atom stereocenters. The van der Waals surface area contributed by atoms with Gasteiger partial charge < -0.3 is 15.7 Å². The molecule has 17 heavy (non-hydrogen) atoms. The lowest BCUT2D eigenvalue weighted by molar-refractivity contribution is -0.138. The van der Waals surface area contributed by atoms with E-state index in [1.165, 1.54) is 6.92 Å². The zero-order chi connectivity index (χ0) is 13.0. The summed E-state index contributed by atoms with van der Waals surface area (Å²) in [4.78, 5) is 21.6. The number of hydrogen-bond donors (Lipinski definition) is 3. The minimum atomic E-state index is -1.24. The average Bonchev–Trinajstić information content (AvgIpc) is 2.23. The number of carboxylic acids is 1. The average molecular weight is 244 g/mol. The summed E-state index contributed by atoms with van der Waals surface area (Å²) in [5, 5.41) is 12.6. The third-order valence-corrected chi connectivity index (χ3v) is 1.89. The molecule has 0 heterocycles. The molecule has 0 saturated heterocycles. The second kappa shape index (κ2) is 5.24. The van der Waals surface area contributed by atoms with Crippen LogP contribution < -0.4 is 10.6 Å². The Labute approximate surface area is 95.4 Å². The van der Waals surface area contributed by atoms with Crippen LogP contribution in [-0.2, 0) is 4.79 Å². The maximum Gasteiger partial charge on any atom is 0.325 e. The van der Waals surface area contributed by atoms with Crippen molar-refractivity contribution < 1.29 is 23.5 Å². The number of nitrogens with one attached hydrogen (secondary N) is 2. The van der Waals surface area contributed by atoms with Gasteiger partial charge in [0, 0.05) is 6.07 Å². The lowest BCUT2D eigenvalue weighted by atomic mass is 10.3. The summed E-state index contributed by atoms with van der Waals surface area (Å²) in [5.74, 6) is -2.77. The van der Waals surface area contributed by atoms with E-state index < -0.39 is 29.7 Å². The number of carbonyl (C=O) groups is 2. The number of halogens is 2. The molecule has 0 bridgehead atoms. The molecule has 7 heteroatoms. The van der Waals surface area contributed by atoms with E-state index in [2.05, 4.69) is 0 Å². The van der Waals surface area contributed by atoms with Crippen molar-refractivity contribution in [2.24, 2.45) is 0 Å². The summed E-state index contributed by atoms with van der Waals surface area (Å²) >= 11 is 0. The highest BCUT2D eigenvalue weighted by Crippen LogP contribution is 2.14. The summed E-state index contributed by atoms with van der Waals surface area (Å²) in [6.07, 6.45) is 0. The fraction of sp³-hybridized carbons (Fsp3) is 0.200. The first-order chi connectivity index (χ1) is 7.90. The third kappa shape index (κ3) is 3.71. The molecule has 5 nitrogen and oxygen atoms in total. The molecule has 2 amide bonds. The SMILES string of the molecule is C[C@H](NC(=O)Nc1cc(F)ccc1F)C(=O)O. The Bertz CT molecular complexity index is 451. The van der Waals surface area contributed by atoms with Gasteiger partial charge in [-0.2, -0.15) is 0 Å². The fourth-order valence-electron chi connectivity index (χ4n) is 1.01. The van der Waals surface area contributed by atoms with Gasteiger partial charge in [-0.1, -0.05) is 0 Å². The number of benzene rings is 1. The van der Waals surface area contributed by atoms with Crippen molar-refractivity contribution in [3.63, 3.8) is 0 Å². The van der Waals surface area contributed by atoms with Crippen LogP contribution in [0.1, 0.15) is 6.92 Å². The van der Waals surface area contributed by atoms with E-state index in [-0.39, 0.29) is 5.69 Å². The van der Waals surface area contributed by atoms with Crippen LogP contribution in [-0.4, -0.2) is 23.1 Å². The Kier molecular flexibility index (Phi) is 3.97. The van der Waals surface area contributed by atoms with Gasteiger partial charge in [-0.05, 0) is 19.1 Å². The van der Waals surface area contributed by atoms with Gasteiger partial charge in [0.05, 0.1) is 5.69 Å². The molecule has 1 aromatic carbocycles. The summed E-state index contributed by atoms with van der Waals surface area (Å²) in [6.45, 7) is 1.24. The molecule has 92 valence electrons. The number of urea groups is 1. The van der Waals surface area contributed by atoms with E-state index in [4.69, 9.17) is 5.11 Å². The molecule has 0 radical (unpaired) electrons. The van der Waals surface area contributed by atoms with Crippen LogP contribution in [0.3, 0.4) is 0 Å². The molecule has 0 spiro atoms. The first-order valence-electron chi connectivity index (χ1n) is 4.65. The maximum atomic E-state index is 13.1. The summed E-state index contributed by atoms with van der Waals surface area (Å²) < 4.78 is 25.9. The monoisotopic (exact) mass is 244 g/mol. The highest BCUT2D eigenvalue weighted by molar-refractivity contribution is 5.92. The topological polar surface area (TPSA) is 78.4 Å². The van der Waals surface area contributed by atoms with Crippen LogP contribution in [0.25, 0.3) is 0 Å². The predicted molar refractivity (Wildman–Crippen MR) is 55.6 cm³/mol. The fourth-order valence-corrected chi connectivity index (χ4v) is 1.01. The highest BCUT2D eigenvalue weighted by Gasteiger charge is 2.15. The van der Waals surface area contributed by atoms with Gasteiger partial charge in [-0.15, -0.1) is 0 Å². The number of hydrogen-bond acceptors (Lipinski definition) is 2. The first kappa shape index (κ1) is 12.9. The van der Waals surface area contributed by atoms with Crippen molar-refractivity contribution in [1.82, 2.24) is 5.32 Å². The van der Waals surface area contributed by atoms with E-state index in [1.54, 1.807) is 0 Å². The van der Waals surface area contributed by atoms with Crippen molar-refractivity contribution in [2.75, 3.05) is 5.32 Å². The van der Waals surface area contributed by atoms with Gasteiger partial charge in [0.15, 0.2) is 0 Å². The Morgan fingerprint density at radius 3 is 2.59 bits per heavy atom. The largest absolute Gasteiger partial charge is 0.480 e. The minimum Gasteiger partial charge on any atom is -0.480 e. The molecule has 0 aromatic heterocycles. The molecule has 1 aromatic rings. The van der Waals surface area contributed by atoms with Crippen LogP contribution in [0.15, 0.2) is 18.2 Å². The number of aliphatic carboxylic acids is 1. The number of rotatable bonds is 3. The Morgan fingerprint density at radius 1 is 1.35 bits per heavy atom. The Hall–Kier alpha value is -2.18. The van der Waals surface area contributed by atoms with Crippen molar-refractivity contribution in [2.45, 2.75) is 13.0 Å². The van der Waals surface area contributed by atoms with E-state index in [0.717, 1.165) is 18.2 Å². The van der Waals surface area contributed by atoms with Crippen LogP contribution in [0.5, 0.6) is 0 Å². The second-order valence-electron chi connectivity index (χ2n) is 3.28. The van der Waals surface area contributed by atoms with Gasteiger partial charge in [-0.25, -0.2) is 13.6 Å². The molecule has 0 aliphatic heterocycles. The van der Waals surface area contributed by atoms with Gasteiger partial charge in [-0.3, -0.25) is 4.79 Å². The van der Waals surface area contributed by atoms with Gasteiger partial charge >= 0.3 is 12.0 Å². The molecule has 1 atom stereocenters. The highest BCUT2D eigenvalue weighted by atomic mass is 19.1. The van der Waals surface area contributed by atoms with E-state index in [1.807, 2.05) is 10.6 Å². The Balaban J connectivity index is 2.68. The molecule has 3 N–H and O–H groups in total. The normalized spacial score (nSPS) is 11.7. The van der Waals surface area contributed by atoms with E-state index in [9.17, 15) is 18.4 Å². The van der Waals surface area contributed by atoms with E-state index in [0.29, 0.717) is 0 Å². The van der Waals surface area contributed by atoms with E-state index >= 15 is 0 Å². The van der Waals surface area contributed by atoms with Crippen molar-refractivity contribution in [3.05, 3.63) is 29.8 Å². The smallest absolute Gasteiger partial charge is 0.325 e. The predicted octanol–water partition coefficient (Wildman–Crippen LogP) is 1.56. The lowest BCUT2D eigenvalue weighted by Crippen LogP contribution is -2.41. The number of amides is 2. The zero-order valence-corrected chi connectivity index (χ0v) is 8.83. The molecular formula is C10H10F2N2O3. The molecular weight excluding hydrogens is 234 g/mol. The van der Waals surface area contributed by atoms with Crippen LogP contribution in [0.2, 0.25) is 0 Å². The third-order valence-electron chi connectivity index (χ3n) is 1.89. The standard InChI is InChI=1S/C10H10F2N2O3/c1-5(9(15)16)13-10(17)14-8-4-6(11)2-3-7(8)12/h2-5H,1H3,(H,15,16)(H2,13,14,17)/t5-/m0/s1. The van der Waals surface area contributed by atoms with Crippen molar-refractivity contribution in [1.29, 1.82) is 0 Å². The zero-order valence-electron chi connectivity index (χ0n) is 8.83. The van der Waals surface area contributed by atoms with Crippen molar-refractivity contribution in [3.8, 4) is 0 Å². The number of anilines is 1. The summed E-state index contributed by atoms with van der Waals surface area (Å²) in [6, 6.07) is 0.487. The quantitative estimate of drug-likeness (QED) is 0.755. The summed E-state index contributed by atoms with van der Waals surface area (Å²) in [5.41, 5.74) is -0.361. The Morgan fingerprint density at radius 2 is 2.00 bits per heavy atom. The molecule has 0 aliphatic carbocycles.